The highest BCUT2D eigenvalue weighted by atomic mass is 32.1. The highest BCUT2D eigenvalue weighted by molar-refractivity contribution is 7.17. The van der Waals surface area contributed by atoms with Crippen LogP contribution in [0.2, 0.25) is 0 Å². The molecule has 4 rings (SSSR count). The van der Waals surface area contributed by atoms with Crippen LogP contribution >= 0.6 is 11.3 Å². The van der Waals surface area contributed by atoms with Crippen molar-refractivity contribution in [1.29, 1.82) is 0 Å². The zero-order valence-electron chi connectivity index (χ0n) is 17.3. The number of pyridine rings is 1. The molecule has 3 aromatic heterocycles. The molecule has 0 unspecified atom stereocenters. The smallest absolute Gasteiger partial charge is 0.257 e. The fourth-order valence-electron chi connectivity index (χ4n) is 3.46. The fourth-order valence-corrected chi connectivity index (χ4v) is 4.28. The third kappa shape index (κ3) is 5.62. The van der Waals surface area contributed by atoms with Crippen molar-refractivity contribution >= 4 is 23.0 Å². The van der Waals surface area contributed by atoms with Crippen molar-refractivity contribution in [3.63, 3.8) is 0 Å². The van der Waals surface area contributed by atoms with E-state index in [4.69, 9.17) is 9.15 Å². The summed E-state index contributed by atoms with van der Waals surface area (Å²) in [6, 6.07) is 9.29. The second-order valence-corrected chi connectivity index (χ2v) is 8.54. The Labute approximate surface area is 184 Å². The summed E-state index contributed by atoms with van der Waals surface area (Å²) in [5.74, 6) is 0.855. The maximum absolute atomic E-state index is 12.7. The Morgan fingerprint density at radius 3 is 2.94 bits per heavy atom. The lowest BCUT2D eigenvalue weighted by Gasteiger charge is -2.32. The number of hydrogen-bond acceptors (Lipinski definition) is 8. The summed E-state index contributed by atoms with van der Waals surface area (Å²) in [5, 5.41) is 8.09. The molecule has 162 valence electrons. The number of carbonyl (C=O) groups is 2. The van der Waals surface area contributed by atoms with Gasteiger partial charge in [-0.25, -0.2) is 0 Å². The van der Waals surface area contributed by atoms with Crippen molar-refractivity contribution in [2.45, 2.75) is 45.3 Å². The highest BCUT2D eigenvalue weighted by Crippen LogP contribution is 2.27. The molecule has 0 radical (unpaired) electrons. The first-order valence-corrected chi connectivity index (χ1v) is 11.1. The van der Waals surface area contributed by atoms with Crippen LogP contribution in [0.4, 0.5) is 0 Å². The molecule has 0 spiro atoms. The SMILES string of the molecule is CC(=O)c1ccc(-c2nnc(CCC(=O)N3CCC[C@@H](OCc4ccccn4)C3)o2)s1. The van der Waals surface area contributed by atoms with E-state index in [1.165, 1.54) is 18.3 Å². The van der Waals surface area contributed by atoms with E-state index >= 15 is 0 Å². The average Bonchev–Trinajstić information content (AvgIpc) is 3.47. The Bertz CT molecular complexity index is 1030. The van der Waals surface area contributed by atoms with Gasteiger partial charge in [-0.2, -0.15) is 0 Å². The van der Waals surface area contributed by atoms with E-state index in [1.807, 2.05) is 23.1 Å². The molecule has 1 atom stereocenters. The second-order valence-electron chi connectivity index (χ2n) is 7.46. The number of aryl methyl sites for hydroxylation is 1. The van der Waals surface area contributed by atoms with Gasteiger partial charge in [-0.15, -0.1) is 21.5 Å². The number of carbonyl (C=O) groups excluding carboxylic acids is 2. The van der Waals surface area contributed by atoms with Gasteiger partial charge in [0.2, 0.25) is 11.8 Å². The van der Waals surface area contributed by atoms with Crippen LogP contribution in [0.1, 0.15) is 47.4 Å². The lowest BCUT2D eigenvalue weighted by atomic mass is 10.1. The van der Waals surface area contributed by atoms with Gasteiger partial charge in [-0.3, -0.25) is 14.6 Å². The summed E-state index contributed by atoms with van der Waals surface area (Å²) in [6.45, 7) is 3.30. The van der Waals surface area contributed by atoms with Crippen LogP contribution in [0.15, 0.2) is 40.9 Å². The van der Waals surface area contributed by atoms with Gasteiger partial charge < -0.3 is 14.1 Å². The van der Waals surface area contributed by atoms with Crippen molar-refractivity contribution < 1.29 is 18.7 Å². The number of amides is 1. The van der Waals surface area contributed by atoms with E-state index in [1.54, 1.807) is 18.3 Å². The van der Waals surface area contributed by atoms with Gasteiger partial charge in [0.05, 0.1) is 28.2 Å². The fraction of sp³-hybridized carbons (Fsp3) is 0.409. The minimum absolute atomic E-state index is 0.00503. The zero-order chi connectivity index (χ0) is 21.6. The van der Waals surface area contributed by atoms with Crippen molar-refractivity contribution in [2.75, 3.05) is 13.1 Å². The third-order valence-corrected chi connectivity index (χ3v) is 6.28. The molecule has 9 heteroatoms. The molecular weight excluding hydrogens is 416 g/mol. The van der Waals surface area contributed by atoms with E-state index in [-0.39, 0.29) is 17.8 Å². The van der Waals surface area contributed by atoms with Crippen molar-refractivity contribution in [3.05, 3.63) is 53.0 Å². The Balaban J connectivity index is 1.26. The van der Waals surface area contributed by atoms with Gasteiger partial charge in [-0.05, 0) is 44.0 Å². The summed E-state index contributed by atoms with van der Waals surface area (Å²) in [5.41, 5.74) is 0.888. The standard InChI is InChI=1S/C22H24N4O4S/c1-15(27)18-7-8-19(31-18)22-25-24-20(30-22)9-10-21(28)26-12-4-6-17(13-26)29-14-16-5-2-3-11-23-16/h2-3,5,7-8,11,17H,4,6,9-10,12-14H2,1H3/t17-/m1/s1. The number of hydrogen-bond donors (Lipinski definition) is 0. The molecular formula is C22H24N4O4S. The number of ether oxygens (including phenoxy) is 1. The number of piperidine rings is 1. The monoisotopic (exact) mass is 440 g/mol. The summed E-state index contributed by atoms with van der Waals surface area (Å²) in [4.78, 5) is 31.6. The molecule has 0 bridgehead atoms. The van der Waals surface area contributed by atoms with Crippen LogP contribution in [0, 0.1) is 0 Å². The van der Waals surface area contributed by atoms with Gasteiger partial charge in [0, 0.05) is 32.1 Å². The van der Waals surface area contributed by atoms with Gasteiger partial charge >= 0.3 is 0 Å². The van der Waals surface area contributed by atoms with Crippen LogP contribution in [0.3, 0.4) is 0 Å². The summed E-state index contributed by atoms with van der Waals surface area (Å²) in [7, 11) is 0. The summed E-state index contributed by atoms with van der Waals surface area (Å²) in [6.07, 6.45) is 4.31. The molecule has 0 N–H and O–H groups in total. The highest BCUT2D eigenvalue weighted by Gasteiger charge is 2.24. The van der Waals surface area contributed by atoms with Crippen LogP contribution in [0.25, 0.3) is 10.8 Å². The maximum Gasteiger partial charge on any atom is 0.257 e. The Morgan fingerprint density at radius 2 is 2.16 bits per heavy atom. The molecule has 0 aliphatic carbocycles. The zero-order valence-corrected chi connectivity index (χ0v) is 18.1. The third-order valence-electron chi connectivity index (χ3n) is 5.11. The predicted octanol–water partition coefficient (Wildman–Crippen LogP) is 3.54. The van der Waals surface area contributed by atoms with E-state index in [0.29, 0.717) is 42.7 Å². The van der Waals surface area contributed by atoms with Gasteiger partial charge in [-0.1, -0.05) is 6.07 Å². The maximum atomic E-state index is 12.7. The number of nitrogens with zero attached hydrogens (tertiary/aromatic N) is 4. The lowest BCUT2D eigenvalue weighted by Crippen LogP contribution is -2.43. The number of likely N-dealkylation sites (tertiary alicyclic amines) is 1. The minimum atomic E-state index is 0.00503. The van der Waals surface area contributed by atoms with Crippen LogP contribution in [-0.4, -0.2) is 51.0 Å². The normalized spacial score (nSPS) is 16.4. The average molecular weight is 441 g/mol. The molecule has 1 aliphatic rings. The number of thiophene rings is 1. The molecule has 3 aromatic rings. The molecule has 4 heterocycles. The van der Waals surface area contributed by atoms with Gasteiger partial charge in [0.25, 0.3) is 5.89 Å². The number of ketones is 1. The van der Waals surface area contributed by atoms with Crippen molar-refractivity contribution in [1.82, 2.24) is 20.1 Å². The molecule has 1 aliphatic heterocycles. The van der Waals surface area contributed by atoms with Gasteiger partial charge in [0.1, 0.15) is 0 Å². The molecule has 8 nitrogen and oxygen atoms in total. The lowest BCUT2D eigenvalue weighted by molar-refractivity contribution is -0.135. The van der Waals surface area contributed by atoms with Crippen molar-refractivity contribution in [3.8, 4) is 10.8 Å². The van der Waals surface area contributed by atoms with E-state index < -0.39 is 0 Å². The predicted molar refractivity (Wildman–Crippen MR) is 115 cm³/mol. The quantitative estimate of drug-likeness (QED) is 0.494. The van der Waals surface area contributed by atoms with E-state index in [9.17, 15) is 9.59 Å². The molecule has 1 saturated heterocycles. The number of rotatable bonds is 8. The Kier molecular flexibility index (Phi) is 6.83. The Hall–Kier alpha value is -2.91. The van der Waals surface area contributed by atoms with E-state index in [0.717, 1.165) is 30.0 Å². The molecule has 31 heavy (non-hydrogen) atoms. The number of aromatic nitrogens is 3. The molecule has 1 fully saturated rings. The first-order chi connectivity index (χ1) is 15.1. The Morgan fingerprint density at radius 1 is 1.26 bits per heavy atom. The summed E-state index contributed by atoms with van der Waals surface area (Å²) < 4.78 is 11.6. The molecule has 0 aromatic carbocycles. The minimum Gasteiger partial charge on any atom is -0.420 e. The van der Waals surface area contributed by atoms with Crippen molar-refractivity contribution in [2.24, 2.45) is 0 Å². The van der Waals surface area contributed by atoms with Crippen LogP contribution in [0.5, 0.6) is 0 Å². The topological polar surface area (TPSA) is 98.4 Å². The van der Waals surface area contributed by atoms with Crippen LogP contribution in [-0.2, 0) is 22.6 Å². The first kappa shape index (κ1) is 21.3. The number of Topliss-reactive ketones (excluding diaryl/α,β-unsaturated/α-hetero) is 1. The van der Waals surface area contributed by atoms with Gasteiger partial charge in [0.15, 0.2) is 5.78 Å². The first-order valence-electron chi connectivity index (χ1n) is 10.3. The van der Waals surface area contributed by atoms with Crippen LogP contribution < -0.4 is 0 Å². The summed E-state index contributed by atoms with van der Waals surface area (Å²) >= 11 is 1.32. The second kappa shape index (κ2) is 9.93. The largest absolute Gasteiger partial charge is 0.420 e. The van der Waals surface area contributed by atoms with E-state index in [2.05, 4.69) is 15.2 Å². The molecule has 1 amide bonds. The molecule has 0 saturated carbocycles.